The van der Waals surface area contributed by atoms with Crippen molar-refractivity contribution in [1.29, 1.82) is 0 Å². The van der Waals surface area contributed by atoms with Crippen molar-refractivity contribution in [3.05, 3.63) is 30.1 Å². The molecule has 0 saturated carbocycles. The highest BCUT2D eigenvalue weighted by molar-refractivity contribution is 5.16. The molecule has 17 heavy (non-hydrogen) atoms. The molecule has 1 aromatic heterocycles. The van der Waals surface area contributed by atoms with E-state index in [9.17, 15) is 5.11 Å². The van der Waals surface area contributed by atoms with Gasteiger partial charge in [-0.1, -0.05) is 6.07 Å². The lowest BCUT2D eigenvalue weighted by Crippen LogP contribution is -2.44. The lowest BCUT2D eigenvalue weighted by molar-refractivity contribution is -0.168. The molecule has 1 unspecified atom stereocenters. The first kappa shape index (κ1) is 12.5. The van der Waals surface area contributed by atoms with Crippen LogP contribution in [0.2, 0.25) is 0 Å². The van der Waals surface area contributed by atoms with Crippen LogP contribution in [0.3, 0.4) is 0 Å². The van der Waals surface area contributed by atoms with Crippen molar-refractivity contribution >= 4 is 0 Å². The Bertz CT molecular complexity index is 330. The molecule has 94 valence electrons. The van der Waals surface area contributed by atoms with Gasteiger partial charge in [-0.3, -0.25) is 4.98 Å². The molecule has 1 atom stereocenters. The minimum Gasteiger partial charge on any atom is -0.385 e. The number of hydrogen-bond acceptors (Lipinski definition) is 4. The summed E-state index contributed by atoms with van der Waals surface area (Å²) in [6, 6.07) is 3.71. The molecule has 0 radical (unpaired) electrons. The van der Waals surface area contributed by atoms with Gasteiger partial charge >= 0.3 is 0 Å². The summed E-state index contributed by atoms with van der Waals surface area (Å²) < 4.78 is 11.2. The molecule has 0 aromatic carbocycles. The van der Waals surface area contributed by atoms with E-state index < -0.39 is 11.7 Å². The summed E-state index contributed by atoms with van der Waals surface area (Å²) in [5, 5.41) is 10.5. The number of ether oxygens (including phenoxy) is 2. The van der Waals surface area contributed by atoms with Gasteiger partial charge in [-0.15, -0.1) is 0 Å². The number of pyridine rings is 1. The third-order valence-corrected chi connectivity index (χ3v) is 3.27. The number of aromatic nitrogens is 1. The van der Waals surface area contributed by atoms with Gasteiger partial charge in [0, 0.05) is 50.6 Å². The van der Waals surface area contributed by atoms with Crippen LogP contribution in [0.4, 0.5) is 0 Å². The summed E-state index contributed by atoms with van der Waals surface area (Å²) in [6.45, 7) is 3.82. The summed E-state index contributed by atoms with van der Waals surface area (Å²) in [5.41, 5.74) is 0.290. The molecule has 0 bridgehead atoms. The number of aliphatic hydroxyl groups is 1. The fourth-order valence-corrected chi connectivity index (χ4v) is 2.34. The van der Waals surface area contributed by atoms with Gasteiger partial charge in [0.1, 0.15) is 11.7 Å². The van der Waals surface area contributed by atoms with Crippen LogP contribution in [-0.2, 0) is 9.47 Å². The molecular formula is C13H19NO3. The molecule has 1 aliphatic heterocycles. The second-order valence-electron chi connectivity index (χ2n) is 4.30. The maximum absolute atomic E-state index is 10.5. The summed E-state index contributed by atoms with van der Waals surface area (Å²) in [5.74, 6) is 0. The summed E-state index contributed by atoms with van der Waals surface area (Å²) in [7, 11) is 0. The van der Waals surface area contributed by atoms with E-state index >= 15 is 0 Å². The van der Waals surface area contributed by atoms with E-state index in [4.69, 9.17) is 9.47 Å². The van der Waals surface area contributed by atoms with E-state index in [0.29, 0.717) is 19.8 Å². The van der Waals surface area contributed by atoms with Gasteiger partial charge in [-0.2, -0.15) is 0 Å². The Kier molecular flexibility index (Phi) is 4.10. The van der Waals surface area contributed by atoms with Crippen molar-refractivity contribution in [2.45, 2.75) is 31.5 Å². The topological polar surface area (TPSA) is 51.6 Å². The first-order valence-corrected chi connectivity index (χ1v) is 6.08. The highest BCUT2D eigenvalue weighted by Gasteiger charge is 2.41. The zero-order valence-electron chi connectivity index (χ0n) is 10.1. The van der Waals surface area contributed by atoms with Crippen molar-refractivity contribution in [2.24, 2.45) is 0 Å². The minimum absolute atomic E-state index is 0.518. The Morgan fingerprint density at radius 1 is 1.53 bits per heavy atom. The van der Waals surface area contributed by atoms with E-state index in [-0.39, 0.29) is 0 Å². The van der Waals surface area contributed by atoms with Crippen LogP contribution < -0.4 is 0 Å². The molecule has 1 aromatic rings. The van der Waals surface area contributed by atoms with Gasteiger partial charge in [0.15, 0.2) is 0 Å². The molecule has 2 heterocycles. The molecule has 0 aliphatic carbocycles. The zero-order valence-corrected chi connectivity index (χ0v) is 10.1. The standard InChI is InChI=1S/C13H19NO3/c1-2-17-13(5-8-16-9-6-13)12(15)11-4-3-7-14-10-11/h3-4,7,10,12,15H,2,5-6,8-9H2,1H3. The highest BCUT2D eigenvalue weighted by Crippen LogP contribution is 2.37. The average molecular weight is 237 g/mol. The second kappa shape index (κ2) is 5.58. The highest BCUT2D eigenvalue weighted by atomic mass is 16.5. The molecule has 0 amide bonds. The van der Waals surface area contributed by atoms with E-state index in [1.807, 2.05) is 19.1 Å². The molecule has 4 heteroatoms. The first-order chi connectivity index (χ1) is 8.28. The number of aliphatic hydroxyl groups excluding tert-OH is 1. The molecule has 1 N–H and O–H groups in total. The number of nitrogens with zero attached hydrogens (tertiary/aromatic N) is 1. The summed E-state index contributed by atoms with van der Waals surface area (Å²) >= 11 is 0. The summed E-state index contributed by atoms with van der Waals surface area (Å²) in [4.78, 5) is 4.05. The van der Waals surface area contributed by atoms with Crippen molar-refractivity contribution in [1.82, 2.24) is 4.98 Å². The van der Waals surface area contributed by atoms with E-state index in [0.717, 1.165) is 18.4 Å². The van der Waals surface area contributed by atoms with Gasteiger partial charge in [-0.05, 0) is 13.0 Å². The fraction of sp³-hybridized carbons (Fsp3) is 0.615. The van der Waals surface area contributed by atoms with Gasteiger partial charge < -0.3 is 14.6 Å². The second-order valence-corrected chi connectivity index (χ2v) is 4.30. The Labute approximate surface area is 102 Å². The van der Waals surface area contributed by atoms with Crippen LogP contribution in [0.25, 0.3) is 0 Å². The molecule has 4 nitrogen and oxygen atoms in total. The third kappa shape index (κ3) is 2.65. The van der Waals surface area contributed by atoms with Crippen LogP contribution in [0, 0.1) is 0 Å². The molecule has 0 spiro atoms. The van der Waals surface area contributed by atoms with Gasteiger partial charge in [0.25, 0.3) is 0 Å². The Hall–Kier alpha value is -0.970. The van der Waals surface area contributed by atoms with Gasteiger partial charge in [-0.25, -0.2) is 0 Å². The van der Waals surface area contributed by atoms with E-state index in [1.54, 1.807) is 12.4 Å². The monoisotopic (exact) mass is 237 g/mol. The van der Waals surface area contributed by atoms with Gasteiger partial charge in [0.05, 0.1) is 0 Å². The minimum atomic E-state index is -0.639. The number of hydrogen-bond donors (Lipinski definition) is 1. The van der Waals surface area contributed by atoms with E-state index in [2.05, 4.69) is 4.98 Å². The molecule has 2 rings (SSSR count). The molecular weight excluding hydrogens is 218 g/mol. The largest absolute Gasteiger partial charge is 0.385 e. The Balaban J connectivity index is 2.20. The lowest BCUT2D eigenvalue weighted by Gasteiger charge is -2.40. The first-order valence-electron chi connectivity index (χ1n) is 6.08. The lowest BCUT2D eigenvalue weighted by atomic mass is 9.84. The van der Waals surface area contributed by atoms with Crippen molar-refractivity contribution in [2.75, 3.05) is 19.8 Å². The molecule has 1 fully saturated rings. The Morgan fingerprint density at radius 2 is 2.29 bits per heavy atom. The number of rotatable bonds is 4. The zero-order chi connectivity index (χ0) is 12.1. The van der Waals surface area contributed by atoms with Crippen LogP contribution in [0.5, 0.6) is 0 Å². The Morgan fingerprint density at radius 3 is 2.88 bits per heavy atom. The van der Waals surface area contributed by atoms with Crippen molar-refractivity contribution in [3.63, 3.8) is 0 Å². The molecule has 1 aliphatic rings. The maximum atomic E-state index is 10.5. The normalized spacial score (nSPS) is 21.1. The van der Waals surface area contributed by atoms with Crippen molar-refractivity contribution in [3.8, 4) is 0 Å². The van der Waals surface area contributed by atoms with Gasteiger partial charge in [0.2, 0.25) is 0 Å². The fourth-order valence-electron chi connectivity index (χ4n) is 2.34. The smallest absolute Gasteiger partial charge is 0.110 e. The van der Waals surface area contributed by atoms with Crippen LogP contribution in [0.1, 0.15) is 31.4 Å². The van der Waals surface area contributed by atoms with Crippen LogP contribution >= 0.6 is 0 Å². The predicted molar refractivity (Wildman–Crippen MR) is 63.6 cm³/mol. The van der Waals surface area contributed by atoms with E-state index in [1.165, 1.54) is 0 Å². The predicted octanol–water partition coefficient (Wildman–Crippen LogP) is 1.70. The summed E-state index contributed by atoms with van der Waals surface area (Å²) in [6.07, 6.45) is 4.20. The van der Waals surface area contributed by atoms with Crippen LogP contribution in [0.15, 0.2) is 24.5 Å². The van der Waals surface area contributed by atoms with Crippen LogP contribution in [-0.4, -0.2) is 35.5 Å². The molecule has 1 saturated heterocycles. The van der Waals surface area contributed by atoms with Crippen molar-refractivity contribution < 1.29 is 14.6 Å². The quantitative estimate of drug-likeness (QED) is 0.866. The third-order valence-electron chi connectivity index (χ3n) is 3.27. The SMILES string of the molecule is CCOC1(C(O)c2cccnc2)CCOCC1. The average Bonchev–Trinajstić information content (AvgIpc) is 2.40. The maximum Gasteiger partial charge on any atom is 0.110 e.